The topological polar surface area (TPSA) is 9.23 Å². The van der Waals surface area contributed by atoms with E-state index in [9.17, 15) is 0 Å². The Morgan fingerprint density at radius 1 is 0.800 bits per heavy atom. The number of fused-ring (bicyclic) bond motifs is 1. The predicted octanol–water partition coefficient (Wildman–Crippen LogP) is 6.50. The van der Waals surface area contributed by atoms with Crippen molar-refractivity contribution in [2.45, 2.75) is 58.8 Å². The van der Waals surface area contributed by atoms with E-state index in [4.69, 9.17) is 4.74 Å². The van der Waals surface area contributed by atoms with Gasteiger partial charge in [0.15, 0.2) is 0 Å². The molecule has 0 saturated heterocycles. The molecule has 25 heavy (non-hydrogen) atoms. The Labute approximate surface area is 152 Å². The van der Waals surface area contributed by atoms with Crippen LogP contribution >= 0.6 is 0 Å². The van der Waals surface area contributed by atoms with Gasteiger partial charge in [0.25, 0.3) is 0 Å². The highest BCUT2D eigenvalue weighted by Crippen LogP contribution is 2.43. The SMILES string of the molecule is COc1c(C(C)(C)C)cc(C2=CC3=CCC=CC3=C2)cc1C(C)(C)C. The molecule has 0 amide bonds. The summed E-state index contributed by atoms with van der Waals surface area (Å²) in [6.07, 6.45) is 12.4. The molecule has 0 unspecified atom stereocenters. The van der Waals surface area contributed by atoms with E-state index in [0.717, 1.165) is 12.2 Å². The van der Waals surface area contributed by atoms with Gasteiger partial charge in [0.1, 0.15) is 5.75 Å². The second-order valence-corrected chi connectivity index (χ2v) is 9.10. The van der Waals surface area contributed by atoms with Crippen LogP contribution in [0.4, 0.5) is 0 Å². The van der Waals surface area contributed by atoms with Crippen molar-refractivity contribution < 1.29 is 4.74 Å². The first-order chi connectivity index (χ1) is 11.6. The van der Waals surface area contributed by atoms with Gasteiger partial charge in [0.05, 0.1) is 7.11 Å². The Balaban J connectivity index is 2.22. The fourth-order valence-corrected chi connectivity index (χ4v) is 3.55. The summed E-state index contributed by atoms with van der Waals surface area (Å²) >= 11 is 0. The molecule has 0 aliphatic heterocycles. The van der Waals surface area contributed by atoms with Crippen molar-refractivity contribution in [2.75, 3.05) is 7.11 Å². The van der Waals surface area contributed by atoms with Gasteiger partial charge in [-0.25, -0.2) is 0 Å². The molecule has 0 fully saturated rings. The molecule has 1 aromatic carbocycles. The summed E-state index contributed by atoms with van der Waals surface area (Å²) in [5, 5.41) is 0. The molecule has 2 aliphatic carbocycles. The minimum Gasteiger partial charge on any atom is -0.496 e. The van der Waals surface area contributed by atoms with Crippen LogP contribution in [0.2, 0.25) is 0 Å². The zero-order valence-electron chi connectivity index (χ0n) is 16.7. The van der Waals surface area contributed by atoms with Crippen LogP contribution in [0, 0.1) is 0 Å². The van der Waals surface area contributed by atoms with E-state index in [1.807, 2.05) is 0 Å². The van der Waals surface area contributed by atoms with Gasteiger partial charge in [-0.3, -0.25) is 0 Å². The van der Waals surface area contributed by atoms with Crippen LogP contribution in [0.5, 0.6) is 5.75 Å². The lowest BCUT2D eigenvalue weighted by Gasteiger charge is -2.30. The van der Waals surface area contributed by atoms with E-state index < -0.39 is 0 Å². The van der Waals surface area contributed by atoms with Gasteiger partial charge in [-0.1, -0.05) is 59.8 Å². The first kappa shape index (κ1) is 17.8. The second kappa shape index (κ2) is 6.05. The van der Waals surface area contributed by atoms with E-state index in [1.54, 1.807) is 7.11 Å². The van der Waals surface area contributed by atoms with Crippen LogP contribution in [0.15, 0.2) is 53.7 Å². The molecule has 0 bridgehead atoms. The lowest BCUT2D eigenvalue weighted by Crippen LogP contribution is -2.19. The molecule has 1 aromatic rings. The standard InChI is InChI=1S/C24H30O/c1-23(2,3)20-14-19(15-21(22(20)25-7)24(4,5)6)18-12-16-10-8-9-11-17(16)13-18/h8,10-15H,9H2,1-7H3. The number of hydrogen-bond donors (Lipinski definition) is 0. The maximum absolute atomic E-state index is 5.88. The van der Waals surface area contributed by atoms with Crippen LogP contribution in [0.1, 0.15) is 64.7 Å². The Morgan fingerprint density at radius 3 is 1.84 bits per heavy atom. The van der Waals surface area contributed by atoms with E-state index in [-0.39, 0.29) is 10.8 Å². The van der Waals surface area contributed by atoms with Gasteiger partial charge < -0.3 is 4.74 Å². The average Bonchev–Trinajstić information content (AvgIpc) is 2.95. The molecule has 132 valence electrons. The molecule has 3 rings (SSSR count). The summed E-state index contributed by atoms with van der Waals surface area (Å²) in [7, 11) is 1.79. The van der Waals surface area contributed by atoms with Crippen LogP contribution in [-0.4, -0.2) is 7.11 Å². The van der Waals surface area contributed by atoms with Crippen LogP contribution in [-0.2, 0) is 10.8 Å². The number of methoxy groups -OCH3 is 1. The molecule has 1 nitrogen and oxygen atoms in total. The van der Waals surface area contributed by atoms with Crippen molar-refractivity contribution in [1.29, 1.82) is 0 Å². The minimum absolute atomic E-state index is 0.0274. The molecule has 0 N–H and O–H groups in total. The number of allylic oxidation sites excluding steroid dienone is 8. The van der Waals surface area contributed by atoms with Gasteiger partial charge in [-0.2, -0.15) is 0 Å². The first-order valence-corrected chi connectivity index (χ1v) is 9.15. The predicted molar refractivity (Wildman–Crippen MR) is 108 cm³/mol. The summed E-state index contributed by atoms with van der Waals surface area (Å²) < 4.78 is 5.88. The normalized spacial score (nSPS) is 17.0. The molecule has 0 saturated carbocycles. The van der Waals surface area contributed by atoms with E-state index in [2.05, 4.69) is 84.1 Å². The zero-order chi connectivity index (χ0) is 18.4. The molecule has 0 spiro atoms. The van der Waals surface area contributed by atoms with Crippen molar-refractivity contribution in [3.8, 4) is 5.75 Å². The van der Waals surface area contributed by atoms with Gasteiger partial charge in [0.2, 0.25) is 0 Å². The maximum atomic E-state index is 5.88. The summed E-state index contributed by atoms with van der Waals surface area (Å²) in [6.45, 7) is 13.5. The highest BCUT2D eigenvalue weighted by Gasteiger charge is 2.28. The lowest BCUT2D eigenvalue weighted by atomic mass is 9.77. The Kier molecular flexibility index (Phi) is 4.31. The number of benzene rings is 1. The van der Waals surface area contributed by atoms with Gasteiger partial charge >= 0.3 is 0 Å². The molecular weight excluding hydrogens is 304 g/mol. The maximum Gasteiger partial charge on any atom is 0.126 e. The number of hydrogen-bond acceptors (Lipinski definition) is 1. The fourth-order valence-electron chi connectivity index (χ4n) is 3.55. The molecule has 1 heteroatoms. The molecule has 2 aliphatic rings. The third-order valence-electron chi connectivity index (χ3n) is 4.97. The fraction of sp³-hybridized carbons (Fsp3) is 0.417. The Hall–Kier alpha value is -2.02. The third-order valence-corrected chi connectivity index (χ3v) is 4.97. The Bertz CT molecular complexity index is 780. The Morgan fingerprint density at radius 2 is 1.36 bits per heavy atom. The smallest absolute Gasteiger partial charge is 0.126 e. The molecule has 0 atom stereocenters. The van der Waals surface area contributed by atoms with Crippen LogP contribution in [0.3, 0.4) is 0 Å². The molecule has 0 radical (unpaired) electrons. The van der Waals surface area contributed by atoms with Crippen molar-refractivity contribution in [3.63, 3.8) is 0 Å². The molecular formula is C24H30O. The summed E-state index contributed by atoms with van der Waals surface area (Å²) in [4.78, 5) is 0. The van der Waals surface area contributed by atoms with Crippen molar-refractivity contribution >= 4 is 5.57 Å². The van der Waals surface area contributed by atoms with Crippen molar-refractivity contribution in [1.82, 2.24) is 0 Å². The lowest BCUT2D eigenvalue weighted by molar-refractivity contribution is 0.381. The van der Waals surface area contributed by atoms with Crippen molar-refractivity contribution in [2.24, 2.45) is 0 Å². The minimum atomic E-state index is 0.0274. The highest BCUT2D eigenvalue weighted by atomic mass is 16.5. The van der Waals surface area contributed by atoms with Gasteiger partial charge in [-0.05, 0) is 63.8 Å². The zero-order valence-corrected chi connectivity index (χ0v) is 16.7. The third kappa shape index (κ3) is 3.38. The summed E-state index contributed by atoms with van der Waals surface area (Å²) in [5.74, 6) is 1.03. The number of rotatable bonds is 2. The molecule has 0 aromatic heterocycles. The number of ether oxygens (including phenoxy) is 1. The largest absolute Gasteiger partial charge is 0.496 e. The summed E-state index contributed by atoms with van der Waals surface area (Å²) in [6, 6.07) is 4.64. The second-order valence-electron chi connectivity index (χ2n) is 9.10. The van der Waals surface area contributed by atoms with E-state index in [1.165, 1.54) is 33.4 Å². The molecule has 0 heterocycles. The van der Waals surface area contributed by atoms with Gasteiger partial charge in [0, 0.05) is 11.1 Å². The van der Waals surface area contributed by atoms with Crippen LogP contribution in [0.25, 0.3) is 5.57 Å². The van der Waals surface area contributed by atoms with Crippen molar-refractivity contribution in [3.05, 3.63) is 70.3 Å². The quantitative estimate of drug-likeness (QED) is 0.600. The average molecular weight is 335 g/mol. The monoisotopic (exact) mass is 334 g/mol. The van der Waals surface area contributed by atoms with Gasteiger partial charge in [-0.15, -0.1) is 0 Å². The highest BCUT2D eigenvalue weighted by molar-refractivity contribution is 5.86. The first-order valence-electron chi connectivity index (χ1n) is 9.15. The van der Waals surface area contributed by atoms with E-state index >= 15 is 0 Å². The van der Waals surface area contributed by atoms with E-state index in [0.29, 0.717) is 0 Å². The summed E-state index contributed by atoms with van der Waals surface area (Å²) in [5.41, 5.74) is 7.86. The van der Waals surface area contributed by atoms with Crippen LogP contribution < -0.4 is 4.74 Å².